The Morgan fingerprint density at radius 1 is 1.12 bits per heavy atom. The minimum atomic E-state index is -0.0358. The Labute approximate surface area is 201 Å². The summed E-state index contributed by atoms with van der Waals surface area (Å²) in [4.78, 5) is 18.0. The lowest BCUT2D eigenvalue weighted by Gasteiger charge is -2.31. The quantitative estimate of drug-likeness (QED) is 0.371. The van der Waals surface area contributed by atoms with Crippen LogP contribution in [0.4, 0.5) is 0 Å². The van der Waals surface area contributed by atoms with Gasteiger partial charge < -0.3 is 9.64 Å². The molecule has 0 atom stereocenters. The van der Waals surface area contributed by atoms with Crippen LogP contribution in [0.15, 0.2) is 60.8 Å². The van der Waals surface area contributed by atoms with Crippen LogP contribution in [0.25, 0.3) is 10.1 Å². The minimum absolute atomic E-state index is 0.0358. The second-order valence-corrected chi connectivity index (χ2v) is 10.2. The monoisotopic (exact) mass is 478 g/mol. The van der Waals surface area contributed by atoms with Crippen molar-refractivity contribution >= 4 is 39.1 Å². The van der Waals surface area contributed by atoms with E-state index in [9.17, 15) is 4.79 Å². The highest BCUT2D eigenvalue weighted by Gasteiger charge is 2.25. The fraction of sp³-hybridized carbons (Fsp3) is 0.320. The molecule has 1 fully saturated rings. The van der Waals surface area contributed by atoms with Crippen LogP contribution in [-0.2, 0) is 13.1 Å². The first kappa shape index (κ1) is 22.0. The molecule has 0 bridgehead atoms. The summed E-state index contributed by atoms with van der Waals surface area (Å²) in [5, 5.41) is 1.32. The van der Waals surface area contributed by atoms with Gasteiger partial charge in [-0.2, -0.15) is 8.75 Å². The number of piperidine rings is 1. The molecular weight excluding hydrogens is 452 g/mol. The highest BCUT2D eigenvalue weighted by atomic mass is 32.1. The number of ether oxygens (including phenoxy) is 1. The van der Waals surface area contributed by atoms with Crippen molar-refractivity contribution in [2.75, 3.05) is 20.1 Å². The maximum Gasteiger partial charge on any atom is 0.275 e. The van der Waals surface area contributed by atoms with Crippen LogP contribution in [-0.4, -0.2) is 50.7 Å². The molecule has 0 radical (unpaired) electrons. The van der Waals surface area contributed by atoms with E-state index in [1.165, 1.54) is 26.7 Å². The van der Waals surface area contributed by atoms with Gasteiger partial charge in [0.1, 0.15) is 11.9 Å². The second-order valence-electron chi connectivity index (χ2n) is 8.47. The van der Waals surface area contributed by atoms with Gasteiger partial charge in [-0.1, -0.05) is 30.3 Å². The van der Waals surface area contributed by atoms with Crippen molar-refractivity contribution in [3.8, 4) is 5.75 Å². The number of rotatable bonds is 7. The molecule has 170 valence electrons. The average molecular weight is 479 g/mol. The number of benzene rings is 2. The molecule has 0 saturated carbocycles. The van der Waals surface area contributed by atoms with Crippen molar-refractivity contribution < 1.29 is 9.53 Å². The van der Waals surface area contributed by atoms with E-state index >= 15 is 0 Å². The standard InChI is InChI=1S/C25H26N4O2S2/c1-28(17-22-14-19-4-2-3-5-24(19)32-22)16-18-6-8-20(9-7-18)31-21-10-12-29(13-11-21)25(30)23-15-26-33-27-23/h2-9,14-15,21H,10-13,16-17H2,1H3. The molecule has 4 aromatic rings. The minimum Gasteiger partial charge on any atom is -0.490 e. The maximum absolute atomic E-state index is 12.4. The first-order chi connectivity index (χ1) is 16.1. The van der Waals surface area contributed by atoms with Crippen molar-refractivity contribution in [3.63, 3.8) is 0 Å². The molecule has 0 spiro atoms. The Bertz CT molecular complexity index is 1170. The first-order valence-electron chi connectivity index (χ1n) is 11.1. The van der Waals surface area contributed by atoms with Crippen molar-refractivity contribution in [1.29, 1.82) is 0 Å². The van der Waals surface area contributed by atoms with E-state index in [2.05, 4.69) is 75.3 Å². The number of hydrogen-bond acceptors (Lipinski definition) is 7. The molecule has 5 rings (SSSR count). The lowest BCUT2D eigenvalue weighted by molar-refractivity contribution is 0.0591. The van der Waals surface area contributed by atoms with Crippen molar-refractivity contribution in [2.45, 2.75) is 32.0 Å². The van der Waals surface area contributed by atoms with Gasteiger partial charge in [0, 0.05) is 48.6 Å². The Hall–Kier alpha value is -2.81. The van der Waals surface area contributed by atoms with Gasteiger partial charge in [0.05, 0.1) is 17.9 Å². The topological polar surface area (TPSA) is 58.6 Å². The molecule has 3 heterocycles. The van der Waals surface area contributed by atoms with Gasteiger partial charge in [-0.25, -0.2) is 0 Å². The predicted molar refractivity (Wildman–Crippen MR) is 133 cm³/mol. The zero-order valence-electron chi connectivity index (χ0n) is 18.5. The van der Waals surface area contributed by atoms with E-state index < -0.39 is 0 Å². The van der Waals surface area contributed by atoms with Crippen LogP contribution in [0.3, 0.4) is 0 Å². The van der Waals surface area contributed by atoms with E-state index in [4.69, 9.17) is 4.74 Å². The maximum atomic E-state index is 12.4. The van der Waals surface area contributed by atoms with Gasteiger partial charge in [0.15, 0.2) is 5.69 Å². The van der Waals surface area contributed by atoms with E-state index in [1.54, 1.807) is 0 Å². The SMILES string of the molecule is CN(Cc1ccc(OC2CCN(C(=O)c3cnsn3)CC2)cc1)Cc1cc2ccccc2s1. The third kappa shape index (κ3) is 5.40. The van der Waals surface area contributed by atoms with E-state index in [0.29, 0.717) is 18.8 Å². The number of carbonyl (C=O) groups excluding carboxylic acids is 1. The third-order valence-electron chi connectivity index (χ3n) is 5.89. The number of nitrogens with zero attached hydrogens (tertiary/aromatic N) is 4. The van der Waals surface area contributed by atoms with Gasteiger partial charge in [-0.05, 0) is 42.3 Å². The summed E-state index contributed by atoms with van der Waals surface area (Å²) in [5.74, 6) is 0.853. The number of amides is 1. The molecule has 33 heavy (non-hydrogen) atoms. The lowest BCUT2D eigenvalue weighted by Crippen LogP contribution is -2.41. The summed E-state index contributed by atoms with van der Waals surface area (Å²) >= 11 is 2.93. The molecular formula is C25H26N4O2S2. The fourth-order valence-corrected chi connectivity index (χ4v) is 5.76. The number of fused-ring (bicyclic) bond motifs is 1. The van der Waals surface area contributed by atoms with E-state index in [1.807, 2.05) is 16.2 Å². The van der Waals surface area contributed by atoms with Gasteiger partial charge in [-0.15, -0.1) is 11.3 Å². The number of thiophene rings is 1. The fourth-order valence-electron chi connectivity index (χ4n) is 4.21. The zero-order chi connectivity index (χ0) is 22.6. The molecule has 8 heteroatoms. The van der Waals surface area contributed by atoms with E-state index in [-0.39, 0.29) is 12.0 Å². The van der Waals surface area contributed by atoms with Crippen LogP contribution < -0.4 is 4.74 Å². The Kier molecular flexibility index (Phi) is 6.66. The molecule has 6 nitrogen and oxygen atoms in total. The Morgan fingerprint density at radius 2 is 1.91 bits per heavy atom. The lowest BCUT2D eigenvalue weighted by atomic mass is 10.1. The second kappa shape index (κ2) is 9.99. The Morgan fingerprint density at radius 3 is 2.64 bits per heavy atom. The van der Waals surface area contributed by atoms with Gasteiger partial charge in [0.2, 0.25) is 0 Å². The first-order valence-corrected chi connectivity index (χ1v) is 12.7. The molecule has 0 aliphatic carbocycles. The molecule has 1 saturated heterocycles. The van der Waals surface area contributed by atoms with E-state index in [0.717, 1.165) is 43.4 Å². The summed E-state index contributed by atoms with van der Waals surface area (Å²) < 4.78 is 15.5. The molecule has 2 aromatic heterocycles. The summed E-state index contributed by atoms with van der Waals surface area (Å²) in [7, 11) is 2.16. The van der Waals surface area contributed by atoms with Crippen LogP contribution in [0.2, 0.25) is 0 Å². The highest BCUT2D eigenvalue weighted by Crippen LogP contribution is 2.27. The van der Waals surface area contributed by atoms with Crippen molar-refractivity contribution in [3.05, 3.63) is 76.9 Å². The molecule has 2 aromatic carbocycles. The molecule has 0 N–H and O–H groups in total. The van der Waals surface area contributed by atoms with Crippen LogP contribution in [0, 0.1) is 0 Å². The van der Waals surface area contributed by atoms with Crippen LogP contribution in [0.5, 0.6) is 5.75 Å². The summed E-state index contributed by atoms with van der Waals surface area (Å²) in [6, 6.07) is 19.2. The van der Waals surface area contributed by atoms with Gasteiger partial charge in [-0.3, -0.25) is 9.69 Å². The Balaban J connectivity index is 1.10. The summed E-state index contributed by atoms with van der Waals surface area (Å²) in [6.07, 6.45) is 3.31. The molecule has 1 aliphatic rings. The third-order valence-corrected chi connectivity index (χ3v) is 7.47. The van der Waals surface area contributed by atoms with Gasteiger partial charge >= 0.3 is 0 Å². The largest absolute Gasteiger partial charge is 0.490 e. The van der Waals surface area contributed by atoms with Crippen molar-refractivity contribution in [1.82, 2.24) is 18.5 Å². The molecule has 0 unspecified atom stereocenters. The smallest absolute Gasteiger partial charge is 0.275 e. The molecule has 1 amide bonds. The normalized spacial score (nSPS) is 14.8. The van der Waals surface area contributed by atoms with Gasteiger partial charge in [0.25, 0.3) is 5.91 Å². The number of likely N-dealkylation sites (tertiary alicyclic amines) is 1. The van der Waals surface area contributed by atoms with Crippen LogP contribution >= 0.6 is 23.1 Å². The number of aromatic nitrogens is 2. The number of carbonyl (C=O) groups is 1. The summed E-state index contributed by atoms with van der Waals surface area (Å²) in [6.45, 7) is 3.19. The number of hydrogen-bond donors (Lipinski definition) is 0. The molecule has 1 aliphatic heterocycles. The summed E-state index contributed by atoms with van der Waals surface area (Å²) in [5.41, 5.74) is 1.70. The zero-order valence-corrected chi connectivity index (χ0v) is 20.1. The highest BCUT2D eigenvalue weighted by molar-refractivity contribution is 7.19. The predicted octanol–water partition coefficient (Wildman–Crippen LogP) is 5.07. The van der Waals surface area contributed by atoms with Crippen LogP contribution in [0.1, 0.15) is 33.8 Å². The average Bonchev–Trinajstić information content (AvgIpc) is 3.50. The van der Waals surface area contributed by atoms with Crippen molar-refractivity contribution in [2.24, 2.45) is 0 Å².